The maximum absolute atomic E-state index is 12.7. The molecule has 86 valence electrons. The summed E-state index contributed by atoms with van der Waals surface area (Å²) >= 11 is 0. The van der Waals surface area contributed by atoms with E-state index in [1.165, 1.54) is 6.07 Å². The molecular weight excluding hydrogens is 218 g/mol. The number of hydrogen-bond acceptors (Lipinski definition) is 3. The quantitative estimate of drug-likeness (QED) is 0.439. The van der Waals surface area contributed by atoms with Gasteiger partial charge in [0.2, 0.25) is 0 Å². The summed E-state index contributed by atoms with van der Waals surface area (Å²) in [7, 11) is 0. The van der Waals surface area contributed by atoms with Crippen LogP contribution in [0.3, 0.4) is 0 Å². The van der Waals surface area contributed by atoms with Gasteiger partial charge in [-0.2, -0.15) is 0 Å². The predicted octanol–water partition coefficient (Wildman–Crippen LogP) is 2.07. The third kappa shape index (κ3) is 3.68. The van der Waals surface area contributed by atoms with E-state index < -0.39 is 17.6 Å². The Morgan fingerprint density at radius 1 is 1.31 bits per heavy atom. The molecule has 0 amide bonds. The van der Waals surface area contributed by atoms with Crippen molar-refractivity contribution in [1.29, 1.82) is 0 Å². The molecule has 0 unspecified atom stereocenters. The Morgan fingerprint density at radius 2 is 2.06 bits per heavy atom. The second-order valence-corrected chi connectivity index (χ2v) is 2.80. The minimum Gasteiger partial charge on any atom is -0.490 e. The highest BCUT2D eigenvalue weighted by molar-refractivity contribution is 5.81. The maximum Gasteiger partial charge on any atom is 0.330 e. The van der Waals surface area contributed by atoms with Crippen LogP contribution in [0.1, 0.15) is 0 Å². The normalized spacial score (nSPS) is 9.62. The summed E-state index contributed by atoms with van der Waals surface area (Å²) in [4.78, 5) is 10.6. The first kappa shape index (κ1) is 12.2. The van der Waals surface area contributed by atoms with E-state index in [0.29, 0.717) is 0 Å². The van der Waals surface area contributed by atoms with Crippen LogP contribution in [0.25, 0.3) is 0 Å². The van der Waals surface area contributed by atoms with Gasteiger partial charge in [-0.3, -0.25) is 0 Å². The molecule has 0 fully saturated rings. The fraction of sp³-hybridized carbons (Fsp3) is 0.182. The molecule has 0 aromatic heterocycles. The van der Waals surface area contributed by atoms with Gasteiger partial charge in [-0.15, -0.1) is 0 Å². The number of rotatable bonds is 5. The minimum atomic E-state index is -0.986. The lowest BCUT2D eigenvalue weighted by atomic mass is 10.3. The molecule has 16 heavy (non-hydrogen) atoms. The molecule has 0 saturated carbocycles. The number of hydrogen-bond donors (Lipinski definition) is 0. The van der Waals surface area contributed by atoms with Crippen molar-refractivity contribution in [3.63, 3.8) is 0 Å². The van der Waals surface area contributed by atoms with Gasteiger partial charge in [-0.25, -0.2) is 13.6 Å². The van der Waals surface area contributed by atoms with Gasteiger partial charge in [0.15, 0.2) is 11.6 Å². The van der Waals surface area contributed by atoms with Crippen molar-refractivity contribution in [1.82, 2.24) is 0 Å². The van der Waals surface area contributed by atoms with Crippen molar-refractivity contribution in [3.05, 3.63) is 42.5 Å². The SMILES string of the molecule is C=CC(=O)OCCOc1ccc(F)c(F)c1. The Labute approximate surface area is 91.3 Å². The average molecular weight is 228 g/mol. The lowest BCUT2D eigenvalue weighted by Gasteiger charge is -2.06. The molecule has 5 heteroatoms. The van der Waals surface area contributed by atoms with Crippen LogP contribution in [0.15, 0.2) is 30.9 Å². The molecule has 0 aliphatic carbocycles. The molecule has 0 atom stereocenters. The molecule has 1 aromatic carbocycles. The third-order valence-electron chi connectivity index (χ3n) is 1.65. The lowest BCUT2D eigenvalue weighted by molar-refractivity contribution is -0.138. The van der Waals surface area contributed by atoms with Crippen molar-refractivity contribution in [2.75, 3.05) is 13.2 Å². The highest BCUT2D eigenvalue weighted by atomic mass is 19.2. The van der Waals surface area contributed by atoms with Crippen LogP contribution in [0.2, 0.25) is 0 Å². The summed E-state index contributed by atoms with van der Waals surface area (Å²) in [6.45, 7) is 3.29. The van der Waals surface area contributed by atoms with E-state index in [0.717, 1.165) is 18.2 Å². The summed E-state index contributed by atoms with van der Waals surface area (Å²) < 4.78 is 34.9. The number of benzene rings is 1. The molecule has 0 saturated heterocycles. The fourth-order valence-corrected chi connectivity index (χ4v) is 0.927. The van der Waals surface area contributed by atoms with Crippen molar-refractivity contribution in [3.8, 4) is 5.75 Å². The number of ether oxygens (including phenoxy) is 2. The highest BCUT2D eigenvalue weighted by Gasteiger charge is 2.03. The second-order valence-electron chi connectivity index (χ2n) is 2.80. The van der Waals surface area contributed by atoms with Gasteiger partial charge in [-0.05, 0) is 12.1 Å². The molecule has 0 radical (unpaired) electrons. The Bertz CT molecular complexity index is 391. The summed E-state index contributed by atoms with van der Waals surface area (Å²) in [5.41, 5.74) is 0. The Morgan fingerprint density at radius 3 is 2.69 bits per heavy atom. The molecule has 0 spiro atoms. The highest BCUT2D eigenvalue weighted by Crippen LogP contribution is 2.15. The molecule has 0 aliphatic rings. The Balaban J connectivity index is 2.35. The van der Waals surface area contributed by atoms with Crippen molar-refractivity contribution in [2.24, 2.45) is 0 Å². The maximum atomic E-state index is 12.7. The zero-order valence-electron chi connectivity index (χ0n) is 8.41. The standard InChI is InChI=1S/C11H10F2O3/c1-2-11(14)16-6-5-15-8-3-4-9(12)10(13)7-8/h2-4,7H,1,5-6H2. The topological polar surface area (TPSA) is 35.5 Å². The van der Waals surface area contributed by atoms with E-state index in [9.17, 15) is 13.6 Å². The first-order valence-electron chi connectivity index (χ1n) is 4.50. The molecule has 0 heterocycles. The third-order valence-corrected chi connectivity index (χ3v) is 1.65. The van der Waals surface area contributed by atoms with E-state index >= 15 is 0 Å². The average Bonchev–Trinajstić information content (AvgIpc) is 2.28. The van der Waals surface area contributed by atoms with Crippen LogP contribution in [0.4, 0.5) is 8.78 Å². The fourth-order valence-electron chi connectivity index (χ4n) is 0.927. The summed E-state index contributed by atoms with van der Waals surface area (Å²) in [6, 6.07) is 3.17. The van der Waals surface area contributed by atoms with E-state index in [2.05, 4.69) is 11.3 Å². The van der Waals surface area contributed by atoms with E-state index in [1.807, 2.05) is 0 Å². The monoisotopic (exact) mass is 228 g/mol. The first-order valence-corrected chi connectivity index (χ1v) is 4.50. The summed E-state index contributed by atoms with van der Waals surface area (Å²) in [5, 5.41) is 0. The number of halogens is 2. The molecule has 1 rings (SSSR count). The van der Waals surface area contributed by atoms with Crippen LogP contribution in [0.5, 0.6) is 5.75 Å². The zero-order valence-corrected chi connectivity index (χ0v) is 8.41. The van der Waals surface area contributed by atoms with Gasteiger partial charge in [-0.1, -0.05) is 6.58 Å². The molecule has 0 aliphatic heterocycles. The molecule has 1 aromatic rings. The van der Waals surface area contributed by atoms with Crippen LogP contribution in [0, 0.1) is 11.6 Å². The smallest absolute Gasteiger partial charge is 0.330 e. The van der Waals surface area contributed by atoms with Crippen LogP contribution >= 0.6 is 0 Å². The number of carbonyl (C=O) groups is 1. The van der Waals surface area contributed by atoms with Gasteiger partial charge >= 0.3 is 5.97 Å². The van der Waals surface area contributed by atoms with Gasteiger partial charge in [0.25, 0.3) is 0 Å². The second kappa shape index (κ2) is 5.85. The Kier molecular flexibility index (Phi) is 4.44. The van der Waals surface area contributed by atoms with Crippen LogP contribution < -0.4 is 4.74 Å². The van der Waals surface area contributed by atoms with Crippen molar-refractivity contribution < 1.29 is 23.0 Å². The molecular formula is C11H10F2O3. The van der Waals surface area contributed by atoms with Crippen LogP contribution in [-0.2, 0) is 9.53 Å². The Hall–Kier alpha value is -1.91. The van der Waals surface area contributed by atoms with E-state index in [4.69, 9.17) is 4.74 Å². The zero-order chi connectivity index (χ0) is 12.0. The largest absolute Gasteiger partial charge is 0.490 e. The van der Waals surface area contributed by atoms with Gasteiger partial charge in [0.05, 0.1) is 0 Å². The van der Waals surface area contributed by atoms with E-state index in [-0.39, 0.29) is 19.0 Å². The van der Waals surface area contributed by atoms with E-state index in [1.54, 1.807) is 0 Å². The van der Waals surface area contributed by atoms with Crippen LogP contribution in [-0.4, -0.2) is 19.2 Å². The van der Waals surface area contributed by atoms with Crippen molar-refractivity contribution >= 4 is 5.97 Å². The summed E-state index contributed by atoms with van der Waals surface area (Å²) in [5.74, 6) is -2.31. The lowest BCUT2D eigenvalue weighted by Crippen LogP contribution is -2.10. The van der Waals surface area contributed by atoms with Crippen molar-refractivity contribution in [2.45, 2.75) is 0 Å². The first-order chi connectivity index (χ1) is 7.63. The number of esters is 1. The van der Waals surface area contributed by atoms with Gasteiger partial charge in [0.1, 0.15) is 19.0 Å². The predicted molar refractivity (Wildman–Crippen MR) is 53.0 cm³/mol. The summed E-state index contributed by atoms with van der Waals surface area (Å²) in [6.07, 6.45) is 1.03. The molecule has 3 nitrogen and oxygen atoms in total. The van der Waals surface area contributed by atoms with Gasteiger partial charge in [0, 0.05) is 12.1 Å². The molecule has 0 N–H and O–H groups in total. The van der Waals surface area contributed by atoms with Gasteiger partial charge < -0.3 is 9.47 Å². The number of carbonyl (C=O) groups excluding carboxylic acids is 1. The molecule has 0 bridgehead atoms. The minimum absolute atomic E-state index is 0.0177.